The van der Waals surface area contributed by atoms with Crippen molar-refractivity contribution in [2.24, 2.45) is 0 Å². The number of carbonyl (C=O) groups is 2. The molecule has 0 saturated heterocycles. The fourth-order valence-electron chi connectivity index (χ4n) is 11.0. The highest BCUT2D eigenvalue weighted by Gasteiger charge is 2.18. The van der Waals surface area contributed by atoms with Gasteiger partial charge in [0.1, 0.15) is 6.61 Å². The molecule has 0 aromatic rings. The Morgan fingerprint density at radius 2 is 0.446 bits per heavy atom. The minimum Gasteiger partial charge on any atom is -0.462 e. The zero-order valence-corrected chi connectivity index (χ0v) is 51.2. The third kappa shape index (κ3) is 63.4. The monoisotopic (exact) mass is 1050 g/mol. The Kier molecular flexibility index (Phi) is 65.2. The van der Waals surface area contributed by atoms with Crippen molar-refractivity contribution >= 4 is 11.9 Å². The van der Waals surface area contributed by atoms with Crippen LogP contribution >= 0.6 is 0 Å². The number of rotatable bonds is 66. The van der Waals surface area contributed by atoms with Crippen LogP contribution in [0.2, 0.25) is 0 Å². The van der Waals surface area contributed by atoms with Crippen LogP contribution in [-0.2, 0) is 23.8 Å². The predicted molar refractivity (Wildman–Crippen MR) is 326 cm³/mol. The van der Waals surface area contributed by atoms with Gasteiger partial charge < -0.3 is 14.2 Å². The quantitative estimate of drug-likeness (QED) is 0.0449. The average molecular weight is 1050 g/mol. The van der Waals surface area contributed by atoms with E-state index in [1.54, 1.807) is 0 Å². The number of unbranched alkanes of at least 4 members (excludes halogenated alkanes) is 55. The highest BCUT2D eigenvalue weighted by Crippen LogP contribution is 2.19. The molecule has 0 aliphatic carbocycles. The van der Waals surface area contributed by atoms with Crippen LogP contribution in [0.25, 0.3) is 0 Å². The van der Waals surface area contributed by atoms with Crippen LogP contribution in [-0.4, -0.2) is 37.9 Å². The van der Waals surface area contributed by atoms with E-state index < -0.39 is 6.10 Å². The summed E-state index contributed by atoms with van der Waals surface area (Å²) in [4.78, 5) is 25.7. The minimum absolute atomic E-state index is 0.0993. The molecule has 0 aromatic heterocycles. The molecule has 0 unspecified atom stereocenters. The van der Waals surface area contributed by atoms with Gasteiger partial charge >= 0.3 is 11.9 Å². The molecule has 0 rings (SSSR count). The summed E-state index contributed by atoms with van der Waals surface area (Å²) in [7, 11) is 0. The van der Waals surface area contributed by atoms with Crippen molar-refractivity contribution in [2.75, 3.05) is 19.8 Å². The first kappa shape index (κ1) is 72.9. The highest BCUT2D eigenvalue weighted by molar-refractivity contribution is 5.70. The van der Waals surface area contributed by atoms with Crippen LogP contribution in [0.1, 0.15) is 406 Å². The number of carbonyl (C=O) groups excluding carboxylic acids is 2. The van der Waals surface area contributed by atoms with Crippen molar-refractivity contribution in [3.05, 3.63) is 0 Å². The summed E-state index contributed by atoms with van der Waals surface area (Å²) in [5, 5.41) is 0. The zero-order chi connectivity index (χ0) is 53.4. The highest BCUT2D eigenvalue weighted by atomic mass is 16.6. The minimum atomic E-state index is -0.526. The number of ether oxygens (including phenoxy) is 3. The molecule has 0 heterocycles. The van der Waals surface area contributed by atoms with E-state index in [1.165, 1.54) is 340 Å². The van der Waals surface area contributed by atoms with E-state index in [0.29, 0.717) is 26.1 Å². The van der Waals surface area contributed by atoms with Gasteiger partial charge in [-0.15, -0.1) is 0 Å². The zero-order valence-electron chi connectivity index (χ0n) is 51.2. The fourth-order valence-corrected chi connectivity index (χ4v) is 11.0. The van der Waals surface area contributed by atoms with E-state index in [9.17, 15) is 9.59 Å². The topological polar surface area (TPSA) is 61.8 Å². The van der Waals surface area contributed by atoms with Crippen LogP contribution in [0.4, 0.5) is 0 Å². The third-order valence-electron chi connectivity index (χ3n) is 16.1. The van der Waals surface area contributed by atoms with Crippen LogP contribution in [0.3, 0.4) is 0 Å². The molecule has 5 heteroatoms. The van der Waals surface area contributed by atoms with Crippen LogP contribution < -0.4 is 0 Å². The summed E-state index contributed by atoms with van der Waals surface area (Å²) < 4.78 is 17.6. The first-order valence-electron chi connectivity index (χ1n) is 34.6. The molecule has 0 N–H and O–H groups in total. The summed E-state index contributed by atoms with van der Waals surface area (Å²) in [6.07, 6.45) is 78.8. The lowest BCUT2D eigenvalue weighted by atomic mass is 10.0. The van der Waals surface area contributed by atoms with Gasteiger partial charge in [-0.05, 0) is 19.3 Å². The van der Waals surface area contributed by atoms with Gasteiger partial charge in [-0.1, -0.05) is 374 Å². The van der Waals surface area contributed by atoms with E-state index in [1.807, 2.05) is 0 Å². The van der Waals surface area contributed by atoms with Gasteiger partial charge in [-0.2, -0.15) is 0 Å². The Morgan fingerprint density at radius 1 is 0.243 bits per heavy atom. The maximum Gasteiger partial charge on any atom is 0.306 e. The van der Waals surface area contributed by atoms with E-state index >= 15 is 0 Å². The van der Waals surface area contributed by atoms with Gasteiger partial charge in [0.25, 0.3) is 0 Å². The lowest BCUT2D eigenvalue weighted by Crippen LogP contribution is -2.30. The van der Waals surface area contributed by atoms with Gasteiger partial charge in [0, 0.05) is 19.4 Å². The molecule has 1 atom stereocenters. The first-order chi connectivity index (χ1) is 36.6. The molecule has 5 nitrogen and oxygen atoms in total. The van der Waals surface area contributed by atoms with Crippen molar-refractivity contribution in [3.8, 4) is 0 Å². The van der Waals surface area contributed by atoms with E-state index in [-0.39, 0.29) is 18.5 Å². The van der Waals surface area contributed by atoms with Crippen molar-refractivity contribution in [1.82, 2.24) is 0 Å². The Morgan fingerprint density at radius 3 is 0.689 bits per heavy atom. The second-order valence-corrected chi connectivity index (χ2v) is 23.8. The Balaban J connectivity index is 4.15. The number of esters is 2. The molecule has 442 valence electrons. The summed E-state index contributed by atoms with van der Waals surface area (Å²) in [6.45, 7) is 7.96. The Labute approximate surface area is 465 Å². The number of hydrogen-bond donors (Lipinski definition) is 0. The maximum absolute atomic E-state index is 12.9. The molecule has 0 spiro atoms. The SMILES string of the molecule is CCCCCCCCCCCCCCCCCCCCCCCC(=O)OC[C@@H](COCCCCCCCCCCCCCCCCCC)OC(=O)CCCCCCCCCCCCCCCCCCCCCCC. The lowest BCUT2D eigenvalue weighted by Gasteiger charge is -2.18. The van der Waals surface area contributed by atoms with Crippen molar-refractivity contribution in [1.29, 1.82) is 0 Å². The molecule has 74 heavy (non-hydrogen) atoms. The Hall–Kier alpha value is -1.10. The first-order valence-corrected chi connectivity index (χ1v) is 34.6. The van der Waals surface area contributed by atoms with Gasteiger partial charge in [0.2, 0.25) is 0 Å². The summed E-state index contributed by atoms with van der Waals surface area (Å²) in [5.74, 6) is -0.356. The van der Waals surface area contributed by atoms with Gasteiger partial charge in [-0.25, -0.2) is 0 Å². The van der Waals surface area contributed by atoms with Crippen molar-refractivity contribution in [3.63, 3.8) is 0 Å². The van der Waals surface area contributed by atoms with Crippen LogP contribution in [0.5, 0.6) is 0 Å². The van der Waals surface area contributed by atoms with Crippen molar-refractivity contribution in [2.45, 2.75) is 412 Å². The molecule has 0 saturated carbocycles. The van der Waals surface area contributed by atoms with Gasteiger partial charge in [-0.3, -0.25) is 9.59 Å². The second kappa shape index (κ2) is 66.2. The molecular formula is C69H136O5. The van der Waals surface area contributed by atoms with Crippen LogP contribution in [0.15, 0.2) is 0 Å². The molecule has 0 amide bonds. The van der Waals surface area contributed by atoms with Gasteiger partial charge in [0.05, 0.1) is 6.61 Å². The fraction of sp³-hybridized carbons (Fsp3) is 0.971. The molecular weight excluding hydrogens is 909 g/mol. The molecule has 0 aliphatic rings. The van der Waals surface area contributed by atoms with Crippen LogP contribution in [0, 0.1) is 0 Å². The van der Waals surface area contributed by atoms with Crippen molar-refractivity contribution < 1.29 is 23.8 Å². The predicted octanol–water partition coefficient (Wildman–Crippen LogP) is 23.9. The number of hydrogen-bond acceptors (Lipinski definition) is 5. The lowest BCUT2D eigenvalue weighted by molar-refractivity contribution is -0.163. The summed E-state index contributed by atoms with van der Waals surface area (Å²) in [5.41, 5.74) is 0. The smallest absolute Gasteiger partial charge is 0.306 e. The maximum atomic E-state index is 12.9. The normalized spacial score (nSPS) is 12.0. The third-order valence-corrected chi connectivity index (χ3v) is 16.1. The Bertz CT molecular complexity index is 1050. The van der Waals surface area contributed by atoms with E-state index in [2.05, 4.69) is 20.8 Å². The van der Waals surface area contributed by atoms with E-state index in [4.69, 9.17) is 14.2 Å². The summed E-state index contributed by atoms with van der Waals surface area (Å²) >= 11 is 0. The molecule has 0 bridgehead atoms. The van der Waals surface area contributed by atoms with E-state index in [0.717, 1.165) is 32.1 Å². The largest absolute Gasteiger partial charge is 0.462 e. The van der Waals surface area contributed by atoms with Gasteiger partial charge in [0.15, 0.2) is 6.10 Å². The average Bonchev–Trinajstić information content (AvgIpc) is 3.40. The molecule has 0 aromatic carbocycles. The molecule has 0 aliphatic heterocycles. The standard InChI is InChI=1S/C69H136O5/c1-4-7-10-13-16-19-22-25-28-31-33-35-37-39-41-44-47-50-53-56-59-62-68(70)73-66-67(65-72-64-61-58-55-52-49-46-43-30-27-24-21-18-15-12-9-6-3)74-69(71)63-60-57-54-51-48-45-42-40-38-36-34-32-29-26-23-20-17-14-11-8-5-2/h67H,4-66H2,1-3H3/t67-/m1/s1. The molecule has 0 fully saturated rings. The summed E-state index contributed by atoms with van der Waals surface area (Å²) in [6, 6.07) is 0. The molecule has 0 radical (unpaired) electrons. The second-order valence-electron chi connectivity index (χ2n) is 23.8.